The average Bonchev–Trinajstić information content (AvgIpc) is 2.59. The second-order valence-corrected chi connectivity index (χ2v) is 4.11. The van der Waals surface area contributed by atoms with Crippen molar-refractivity contribution in [2.24, 2.45) is 0 Å². The van der Waals surface area contributed by atoms with Crippen molar-refractivity contribution in [3.05, 3.63) is 18.5 Å². The maximum Gasteiger partial charge on any atom is 0.230 e. The summed E-state index contributed by atoms with van der Waals surface area (Å²) in [6.07, 6.45) is 1.78. The summed E-state index contributed by atoms with van der Waals surface area (Å²) < 4.78 is 1.93. The zero-order valence-corrected chi connectivity index (χ0v) is 10.4. The van der Waals surface area contributed by atoms with Gasteiger partial charge in [0.1, 0.15) is 5.82 Å². The molecular weight excluding hydrogens is 224 g/mol. The lowest BCUT2D eigenvalue weighted by molar-refractivity contribution is -0.118. The van der Waals surface area contributed by atoms with Gasteiger partial charge in [-0.15, -0.1) is 16.8 Å². The van der Waals surface area contributed by atoms with Crippen molar-refractivity contribution < 1.29 is 4.79 Å². The molecule has 0 unspecified atom stereocenters. The number of hydrogen-bond acceptors (Lipinski definition) is 4. The predicted octanol–water partition coefficient (Wildman–Crippen LogP) is 1.00. The summed E-state index contributed by atoms with van der Waals surface area (Å²) in [4.78, 5) is 11.3. The van der Waals surface area contributed by atoms with Gasteiger partial charge in [0.2, 0.25) is 5.91 Å². The van der Waals surface area contributed by atoms with E-state index in [-0.39, 0.29) is 5.91 Å². The third kappa shape index (κ3) is 3.37. The maximum absolute atomic E-state index is 11.3. The zero-order valence-electron chi connectivity index (χ0n) is 9.56. The fourth-order valence-corrected chi connectivity index (χ4v) is 2.01. The fraction of sp³-hybridized carbons (Fsp3) is 0.500. The minimum absolute atomic E-state index is 0.0123. The standard InChI is InChI=1S/C10H16N4OS/c1-4-6-14-8(3)12-13-10(14)16-7-9(15)11-5-2/h4H,1,5-7H2,2-3H3,(H,11,15). The van der Waals surface area contributed by atoms with Crippen LogP contribution in [0.25, 0.3) is 0 Å². The highest BCUT2D eigenvalue weighted by atomic mass is 32.2. The van der Waals surface area contributed by atoms with Gasteiger partial charge in [0.05, 0.1) is 5.75 Å². The first-order valence-corrected chi connectivity index (χ1v) is 6.07. The first kappa shape index (κ1) is 12.8. The van der Waals surface area contributed by atoms with Gasteiger partial charge in [0, 0.05) is 13.1 Å². The van der Waals surface area contributed by atoms with Crippen LogP contribution in [0, 0.1) is 6.92 Å². The molecule has 1 N–H and O–H groups in total. The molecule has 0 fully saturated rings. The Bertz CT molecular complexity index is 375. The Morgan fingerprint density at radius 3 is 3.00 bits per heavy atom. The fourth-order valence-electron chi connectivity index (χ4n) is 1.19. The number of hydrogen-bond donors (Lipinski definition) is 1. The summed E-state index contributed by atoms with van der Waals surface area (Å²) in [5.74, 6) is 1.21. The van der Waals surface area contributed by atoms with Crippen molar-refractivity contribution in [2.75, 3.05) is 12.3 Å². The zero-order chi connectivity index (χ0) is 12.0. The number of allylic oxidation sites excluding steroid dienone is 1. The summed E-state index contributed by atoms with van der Waals surface area (Å²) >= 11 is 1.39. The molecule has 0 saturated heterocycles. The minimum Gasteiger partial charge on any atom is -0.356 e. The molecule has 1 aromatic rings. The van der Waals surface area contributed by atoms with Gasteiger partial charge in [-0.25, -0.2) is 0 Å². The summed E-state index contributed by atoms with van der Waals surface area (Å²) in [5, 5.41) is 11.5. The average molecular weight is 240 g/mol. The number of nitrogens with zero attached hydrogens (tertiary/aromatic N) is 3. The van der Waals surface area contributed by atoms with Gasteiger partial charge in [-0.1, -0.05) is 17.8 Å². The summed E-state index contributed by atoms with van der Waals surface area (Å²) in [7, 11) is 0. The van der Waals surface area contributed by atoms with E-state index in [1.165, 1.54) is 11.8 Å². The van der Waals surface area contributed by atoms with Crippen LogP contribution in [0.2, 0.25) is 0 Å². The number of carbonyl (C=O) groups excluding carboxylic acids is 1. The van der Waals surface area contributed by atoms with E-state index in [1.807, 2.05) is 18.4 Å². The smallest absolute Gasteiger partial charge is 0.230 e. The number of amides is 1. The van der Waals surface area contributed by atoms with Crippen LogP contribution in [0.15, 0.2) is 17.8 Å². The molecule has 0 spiro atoms. The Hall–Kier alpha value is -1.30. The van der Waals surface area contributed by atoms with E-state index in [9.17, 15) is 4.79 Å². The molecule has 0 aliphatic rings. The summed E-state index contributed by atoms with van der Waals surface area (Å²) in [6, 6.07) is 0. The van der Waals surface area contributed by atoms with E-state index in [0.717, 1.165) is 11.0 Å². The molecule has 1 rings (SSSR count). The molecule has 0 bridgehead atoms. The van der Waals surface area contributed by atoms with Gasteiger partial charge in [-0.05, 0) is 13.8 Å². The quantitative estimate of drug-likeness (QED) is 0.595. The molecule has 0 atom stereocenters. The number of nitrogens with one attached hydrogen (secondary N) is 1. The molecule has 1 aromatic heterocycles. The molecule has 88 valence electrons. The Morgan fingerprint density at radius 2 is 2.38 bits per heavy atom. The highest BCUT2D eigenvalue weighted by Gasteiger charge is 2.09. The molecule has 0 aromatic carbocycles. The molecule has 6 heteroatoms. The lowest BCUT2D eigenvalue weighted by Gasteiger charge is -2.04. The Labute approximate surface area is 99.3 Å². The monoisotopic (exact) mass is 240 g/mol. The lowest BCUT2D eigenvalue weighted by atomic mass is 10.6. The second-order valence-electron chi connectivity index (χ2n) is 3.17. The molecule has 0 aliphatic carbocycles. The van der Waals surface area contributed by atoms with Crippen LogP contribution in [-0.2, 0) is 11.3 Å². The van der Waals surface area contributed by atoms with E-state index < -0.39 is 0 Å². The topological polar surface area (TPSA) is 59.8 Å². The van der Waals surface area contributed by atoms with Crippen molar-refractivity contribution in [1.82, 2.24) is 20.1 Å². The van der Waals surface area contributed by atoms with Crippen LogP contribution in [0.3, 0.4) is 0 Å². The number of thioether (sulfide) groups is 1. The maximum atomic E-state index is 11.3. The van der Waals surface area contributed by atoms with E-state index in [2.05, 4.69) is 22.1 Å². The molecule has 1 heterocycles. The number of carbonyl (C=O) groups is 1. The number of aromatic nitrogens is 3. The Balaban J connectivity index is 2.59. The summed E-state index contributed by atoms with van der Waals surface area (Å²) in [5.41, 5.74) is 0. The third-order valence-electron chi connectivity index (χ3n) is 1.92. The van der Waals surface area contributed by atoms with Crippen LogP contribution in [0.4, 0.5) is 0 Å². The molecule has 5 nitrogen and oxygen atoms in total. The highest BCUT2D eigenvalue weighted by molar-refractivity contribution is 7.99. The van der Waals surface area contributed by atoms with Crippen LogP contribution in [0.5, 0.6) is 0 Å². The lowest BCUT2D eigenvalue weighted by Crippen LogP contribution is -2.24. The van der Waals surface area contributed by atoms with E-state index >= 15 is 0 Å². The number of aryl methyl sites for hydroxylation is 1. The highest BCUT2D eigenvalue weighted by Crippen LogP contribution is 2.16. The van der Waals surface area contributed by atoms with Gasteiger partial charge in [-0.2, -0.15) is 0 Å². The second kappa shape index (κ2) is 6.32. The first-order chi connectivity index (χ1) is 7.69. The van der Waals surface area contributed by atoms with Crippen molar-refractivity contribution in [1.29, 1.82) is 0 Å². The largest absolute Gasteiger partial charge is 0.356 e. The third-order valence-corrected chi connectivity index (χ3v) is 2.89. The van der Waals surface area contributed by atoms with Gasteiger partial charge >= 0.3 is 0 Å². The van der Waals surface area contributed by atoms with Crippen LogP contribution in [-0.4, -0.2) is 33.0 Å². The molecule has 0 saturated carbocycles. The van der Waals surface area contributed by atoms with Crippen molar-refractivity contribution in [3.8, 4) is 0 Å². The van der Waals surface area contributed by atoms with Gasteiger partial charge in [0.15, 0.2) is 5.16 Å². The van der Waals surface area contributed by atoms with Gasteiger partial charge < -0.3 is 9.88 Å². The Morgan fingerprint density at radius 1 is 1.62 bits per heavy atom. The van der Waals surface area contributed by atoms with Gasteiger partial charge in [0.25, 0.3) is 0 Å². The molecule has 0 aliphatic heterocycles. The van der Waals surface area contributed by atoms with Crippen molar-refractivity contribution in [3.63, 3.8) is 0 Å². The first-order valence-electron chi connectivity index (χ1n) is 5.09. The van der Waals surface area contributed by atoms with E-state index in [4.69, 9.17) is 0 Å². The summed E-state index contributed by atoms with van der Waals surface area (Å²) in [6.45, 7) is 8.77. The van der Waals surface area contributed by atoms with E-state index in [0.29, 0.717) is 18.8 Å². The van der Waals surface area contributed by atoms with E-state index in [1.54, 1.807) is 6.08 Å². The molecule has 1 amide bonds. The SMILES string of the molecule is C=CCn1c(C)nnc1SCC(=O)NCC. The predicted molar refractivity (Wildman–Crippen MR) is 64.4 cm³/mol. The molecular formula is C10H16N4OS. The van der Waals surface area contributed by atoms with Crippen LogP contribution in [0.1, 0.15) is 12.7 Å². The van der Waals surface area contributed by atoms with Crippen LogP contribution < -0.4 is 5.32 Å². The minimum atomic E-state index is 0.0123. The normalized spacial score (nSPS) is 10.1. The number of rotatable bonds is 6. The molecule has 16 heavy (non-hydrogen) atoms. The van der Waals surface area contributed by atoms with Gasteiger partial charge in [-0.3, -0.25) is 4.79 Å². The van der Waals surface area contributed by atoms with Crippen LogP contribution >= 0.6 is 11.8 Å². The van der Waals surface area contributed by atoms with Crippen molar-refractivity contribution in [2.45, 2.75) is 25.5 Å². The molecule has 0 radical (unpaired) electrons. The Kier molecular flexibility index (Phi) is 5.04. The van der Waals surface area contributed by atoms with Crippen molar-refractivity contribution >= 4 is 17.7 Å².